The number of sulfonamides is 2. The molecule has 0 aliphatic rings. The van der Waals surface area contributed by atoms with Gasteiger partial charge in [0.25, 0.3) is 31.9 Å². The highest BCUT2D eigenvalue weighted by Crippen LogP contribution is 2.35. The van der Waals surface area contributed by atoms with Gasteiger partial charge in [-0.15, -0.1) is 0 Å². The fourth-order valence-electron chi connectivity index (χ4n) is 6.63. The maximum Gasteiger partial charge on any atom is 0.274 e. The fraction of sp³-hybridized carbons (Fsp3) is 0.0208. The first-order chi connectivity index (χ1) is 30.9. The van der Waals surface area contributed by atoms with Crippen LogP contribution in [0.15, 0.2) is 198 Å². The molecule has 8 rings (SSSR count). The summed E-state index contributed by atoms with van der Waals surface area (Å²) in [6.45, 7) is 0. The minimum atomic E-state index is -4.14. The van der Waals surface area contributed by atoms with Crippen molar-refractivity contribution in [1.82, 2.24) is 15.0 Å². The van der Waals surface area contributed by atoms with Crippen LogP contribution in [-0.4, -0.2) is 48.7 Å². The third-order valence-corrected chi connectivity index (χ3v) is 12.7. The molecule has 0 saturated heterocycles. The molecular weight excluding hydrogens is 851 g/mol. The van der Waals surface area contributed by atoms with Crippen molar-refractivity contribution in [2.45, 2.75) is 15.9 Å². The van der Waals surface area contributed by atoms with Crippen LogP contribution < -0.4 is 20.1 Å². The lowest BCUT2D eigenvalue weighted by Gasteiger charge is -2.18. The number of nitrogens with zero attached hydrogens (tertiary/aromatic N) is 3. The Morgan fingerprint density at radius 3 is 1.53 bits per heavy atom. The average Bonchev–Trinajstić information content (AvgIpc) is 3.32. The third-order valence-electron chi connectivity index (χ3n) is 9.89. The molecule has 3 aromatic heterocycles. The number of pyridine rings is 3. The van der Waals surface area contributed by atoms with E-state index in [-0.39, 0.29) is 38.1 Å². The Balaban J connectivity index is 0.993. The molecule has 0 aliphatic heterocycles. The van der Waals surface area contributed by atoms with E-state index in [4.69, 9.17) is 0 Å². The van der Waals surface area contributed by atoms with Crippen LogP contribution in [-0.2, 0) is 20.0 Å². The summed E-state index contributed by atoms with van der Waals surface area (Å²) in [6.07, 6.45) is 3.20. The van der Waals surface area contributed by atoms with Gasteiger partial charge in [0.2, 0.25) is 0 Å². The Hall–Kier alpha value is -8.05. The van der Waals surface area contributed by atoms with Gasteiger partial charge in [0, 0.05) is 46.7 Å². The van der Waals surface area contributed by atoms with Gasteiger partial charge in [-0.2, -0.15) is 0 Å². The summed E-state index contributed by atoms with van der Waals surface area (Å²) in [5.41, 5.74) is 4.71. The summed E-state index contributed by atoms with van der Waals surface area (Å²) >= 11 is 0. The Bertz CT molecular complexity index is 3160. The van der Waals surface area contributed by atoms with Crippen molar-refractivity contribution in [1.29, 1.82) is 0 Å². The molecule has 16 heteroatoms. The van der Waals surface area contributed by atoms with Crippen molar-refractivity contribution < 1.29 is 31.5 Å². The topological polar surface area (TPSA) is 209 Å². The maximum atomic E-state index is 13.8. The molecule has 0 radical (unpaired) electrons. The highest BCUT2D eigenvalue weighted by atomic mass is 32.2. The summed E-state index contributed by atoms with van der Waals surface area (Å²) < 4.78 is 60.0. The van der Waals surface area contributed by atoms with E-state index in [0.717, 1.165) is 5.56 Å². The van der Waals surface area contributed by atoms with Crippen LogP contribution in [0.4, 0.5) is 22.7 Å². The molecular formula is C48H37N7O7S2. The van der Waals surface area contributed by atoms with Crippen molar-refractivity contribution in [2.75, 3.05) is 20.1 Å². The number of carbonyl (C=O) groups is 2. The molecule has 14 nitrogen and oxygen atoms in total. The molecule has 5 N–H and O–H groups in total. The number of rotatable bonds is 14. The van der Waals surface area contributed by atoms with Gasteiger partial charge < -0.3 is 15.7 Å². The molecule has 2 amide bonds. The Kier molecular flexibility index (Phi) is 12.3. The number of aliphatic hydroxyl groups is 1. The zero-order valence-electron chi connectivity index (χ0n) is 33.5. The van der Waals surface area contributed by atoms with E-state index in [1.54, 1.807) is 78.9 Å². The predicted octanol–water partition coefficient (Wildman–Crippen LogP) is 8.39. The van der Waals surface area contributed by atoms with E-state index in [1.807, 2.05) is 36.4 Å². The second-order valence-corrected chi connectivity index (χ2v) is 17.6. The SMILES string of the molecule is O=C(Nc1ccc(S(=O)(=O)Nc2cc(-c3ccc(C(O)c4ccccc4NS(=O)(=O)c4ccc(NC(=O)c5ccccn5)cc4)nc3)ccc2-c2ccccc2)cc1)c1ccccn1. The van der Waals surface area contributed by atoms with Gasteiger partial charge in [-0.3, -0.25) is 34.0 Å². The van der Waals surface area contributed by atoms with Crippen LogP contribution in [0, 0.1) is 0 Å². The first-order valence-electron chi connectivity index (χ1n) is 19.6. The van der Waals surface area contributed by atoms with E-state index in [2.05, 4.69) is 35.0 Å². The van der Waals surface area contributed by atoms with Crippen molar-refractivity contribution in [2.24, 2.45) is 0 Å². The Morgan fingerprint density at radius 2 is 1.00 bits per heavy atom. The predicted molar refractivity (Wildman–Crippen MR) is 244 cm³/mol. The number of para-hydroxylation sites is 1. The molecule has 3 heterocycles. The van der Waals surface area contributed by atoms with E-state index in [1.165, 1.54) is 73.2 Å². The van der Waals surface area contributed by atoms with Crippen LogP contribution in [0.5, 0.6) is 0 Å². The maximum absolute atomic E-state index is 13.8. The van der Waals surface area contributed by atoms with Crippen molar-refractivity contribution in [3.63, 3.8) is 0 Å². The number of hydrogen-bond acceptors (Lipinski definition) is 10. The van der Waals surface area contributed by atoms with Crippen LogP contribution in [0.2, 0.25) is 0 Å². The van der Waals surface area contributed by atoms with E-state index >= 15 is 0 Å². The number of nitrogens with one attached hydrogen (secondary N) is 4. The minimum Gasteiger partial charge on any atom is -0.382 e. The first-order valence-corrected chi connectivity index (χ1v) is 22.5. The van der Waals surface area contributed by atoms with E-state index in [9.17, 15) is 31.5 Å². The fourth-order valence-corrected chi connectivity index (χ4v) is 8.79. The summed E-state index contributed by atoms with van der Waals surface area (Å²) in [4.78, 5) is 37.6. The quantitative estimate of drug-likeness (QED) is 0.0704. The molecule has 0 fully saturated rings. The highest BCUT2D eigenvalue weighted by molar-refractivity contribution is 7.93. The zero-order chi connectivity index (χ0) is 44.7. The molecule has 8 aromatic rings. The number of amides is 2. The summed E-state index contributed by atoms with van der Waals surface area (Å²) in [7, 11) is -8.27. The second kappa shape index (κ2) is 18.5. The van der Waals surface area contributed by atoms with Gasteiger partial charge in [-0.1, -0.05) is 78.9 Å². The Morgan fingerprint density at radius 1 is 0.484 bits per heavy atom. The lowest BCUT2D eigenvalue weighted by Crippen LogP contribution is -2.16. The van der Waals surface area contributed by atoms with Crippen LogP contribution >= 0.6 is 0 Å². The first kappa shape index (κ1) is 42.6. The highest BCUT2D eigenvalue weighted by Gasteiger charge is 2.22. The van der Waals surface area contributed by atoms with Gasteiger partial charge in [-0.25, -0.2) is 16.8 Å². The molecule has 1 atom stereocenters. The molecule has 318 valence electrons. The second-order valence-electron chi connectivity index (χ2n) is 14.2. The lowest BCUT2D eigenvalue weighted by molar-refractivity contribution is 0.101. The molecule has 0 saturated carbocycles. The summed E-state index contributed by atoms with van der Waals surface area (Å²) in [5, 5.41) is 16.9. The summed E-state index contributed by atoms with van der Waals surface area (Å²) in [6, 6.07) is 45.6. The standard InChI is InChI=1S/C48H37N7O7S2/c56-46(40-12-4-5-13-41(40)54-63(59,60)37-22-18-35(19-23-37)52-47(57)43-14-6-8-28-49-43)42-27-17-34(31-51-42)33-16-26-39(32-10-2-1-3-11-32)45(30-33)55-64(61,62)38-24-20-36(21-25-38)53-48(58)44-15-7-9-29-50-44/h1-31,46,54-56H,(H,52,57)(H,53,58). The van der Waals surface area contributed by atoms with Crippen LogP contribution in [0.25, 0.3) is 22.3 Å². The van der Waals surface area contributed by atoms with Crippen LogP contribution in [0.1, 0.15) is 38.3 Å². The molecule has 0 aliphatic carbocycles. The summed E-state index contributed by atoms with van der Waals surface area (Å²) in [5.74, 6) is -0.881. The number of anilines is 4. The average molecular weight is 888 g/mol. The Labute approximate surface area is 368 Å². The largest absolute Gasteiger partial charge is 0.382 e. The van der Waals surface area contributed by atoms with Crippen molar-refractivity contribution >= 4 is 54.6 Å². The molecule has 1 unspecified atom stereocenters. The monoisotopic (exact) mass is 887 g/mol. The van der Waals surface area contributed by atoms with Gasteiger partial charge >= 0.3 is 0 Å². The number of hydrogen-bond donors (Lipinski definition) is 5. The molecule has 64 heavy (non-hydrogen) atoms. The van der Waals surface area contributed by atoms with E-state index < -0.39 is 38.0 Å². The van der Waals surface area contributed by atoms with Crippen LogP contribution in [0.3, 0.4) is 0 Å². The normalized spacial score (nSPS) is 11.8. The molecule has 0 bridgehead atoms. The van der Waals surface area contributed by atoms with Crippen molar-refractivity contribution in [3.8, 4) is 22.3 Å². The van der Waals surface area contributed by atoms with Gasteiger partial charge in [-0.05, 0) is 102 Å². The minimum absolute atomic E-state index is 0.0317. The van der Waals surface area contributed by atoms with Gasteiger partial charge in [0.1, 0.15) is 17.5 Å². The number of carbonyl (C=O) groups excluding carboxylic acids is 2. The zero-order valence-corrected chi connectivity index (χ0v) is 35.2. The lowest BCUT2D eigenvalue weighted by atomic mass is 9.98. The van der Waals surface area contributed by atoms with Gasteiger partial charge in [0.05, 0.1) is 26.9 Å². The number of benzene rings is 5. The van der Waals surface area contributed by atoms with E-state index in [0.29, 0.717) is 33.8 Å². The van der Waals surface area contributed by atoms with Crippen molar-refractivity contribution in [3.05, 3.63) is 211 Å². The third kappa shape index (κ3) is 9.85. The smallest absolute Gasteiger partial charge is 0.274 e. The van der Waals surface area contributed by atoms with Gasteiger partial charge in [0.15, 0.2) is 0 Å². The number of aromatic nitrogens is 3. The molecule has 5 aromatic carbocycles. The molecule has 0 spiro atoms. The number of aliphatic hydroxyl groups excluding tert-OH is 1.